The number of anilines is 1. The van der Waals surface area contributed by atoms with Crippen molar-refractivity contribution in [1.29, 1.82) is 0 Å². The predicted octanol–water partition coefficient (Wildman–Crippen LogP) is 2.30. The van der Waals surface area contributed by atoms with Gasteiger partial charge in [-0.2, -0.15) is 0 Å². The Morgan fingerprint density at radius 1 is 1.47 bits per heavy atom. The minimum absolute atomic E-state index is 0.0977. The van der Waals surface area contributed by atoms with Crippen molar-refractivity contribution >= 4 is 29.5 Å². The summed E-state index contributed by atoms with van der Waals surface area (Å²) >= 11 is 1.64. The van der Waals surface area contributed by atoms with Gasteiger partial charge in [0.15, 0.2) is 6.10 Å². The van der Waals surface area contributed by atoms with Gasteiger partial charge >= 0.3 is 12.1 Å². The van der Waals surface area contributed by atoms with Crippen LogP contribution in [0.5, 0.6) is 0 Å². The van der Waals surface area contributed by atoms with Crippen LogP contribution in [0, 0.1) is 0 Å². The number of amides is 1. The Labute approximate surface area is 115 Å². The van der Waals surface area contributed by atoms with Crippen molar-refractivity contribution in [3.05, 3.63) is 24.3 Å². The van der Waals surface area contributed by atoms with Crippen molar-refractivity contribution < 1.29 is 19.1 Å². The van der Waals surface area contributed by atoms with Gasteiger partial charge in [0, 0.05) is 17.5 Å². The molecule has 1 atom stereocenters. The molecule has 1 heterocycles. The Morgan fingerprint density at radius 3 is 2.74 bits per heavy atom. The van der Waals surface area contributed by atoms with Crippen LogP contribution >= 0.6 is 11.8 Å². The molecule has 0 bridgehead atoms. The lowest BCUT2D eigenvalue weighted by Gasteiger charge is -2.13. The highest BCUT2D eigenvalue weighted by atomic mass is 32.2. The first-order valence-corrected chi connectivity index (χ1v) is 7.08. The van der Waals surface area contributed by atoms with Gasteiger partial charge in [0.2, 0.25) is 0 Å². The smallest absolute Gasteiger partial charge is 0.414 e. The summed E-state index contributed by atoms with van der Waals surface area (Å²) in [6.45, 7) is 1.82. The third kappa shape index (κ3) is 3.41. The van der Waals surface area contributed by atoms with Crippen LogP contribution in [-0.4, -0.2) is 37.6 Å². The number of cyclic esters (lactones) is 1. The molecule has 0 radical (unpaired) electrons. The number of hydrogen-bond donors (Lipinski definition) is 0. The normalized spacial score (nSPS) is 18.3. The van der Waals surface area contributed by atoms with Gasteiger partial charge in [0.1, 0.15) is 6.61 Å². The fourth-order valence-electron chi connectivity index (χ4n) is 1.79. The second-order valence-corrected chi connectivity index (χ2v) is 5.00. The summed E-state index contributed by atoms with van der Waals surface area (Å²) in [7, 11) is 0. The van der Waals surface area contributed by atoms with E-state index >= 15 is 0 Å². The van der Waals surface area contributed by atoms with E-state index in [-0.39, 0.29) is 12.6 Å². The predicted molar refractivity (Wildman–Crippen MR) is 72.5 cm³/mol. The third-order valence-electron chi connectivity index (χ3n) is 2.73. The largest absolute Gasteiger partial charge is 0.462 e. The summed E-state index contributed by atoms with van der Waals surface area (Å²) in [5.74, 6) is -0.376. The second-order valence-electron chi connectivity index (χ2n) is 4.12. The highest BCUT2D eigenvalue weighted by Crippen LogP contribution is 2.24. The van der Waals surface area contributed by atoms with E-state index in [1.54, 1.807) is 11.8 Å². The molecule has 1 fully saturated rings. The molecular weight excluding hydrogens is 266 g/mol. The maximum absolute atomic E-state index is 11.7. The minimum Gasteiger partial charge on any atom is -0.462 e. The number of benzene rings is 1. The van der Waals surface area contributed by atoms with Gasteiger partial charge in [-0.25, -0.2) is 4.79 Å². The topological polar surface area (TPSA) is 55.8 Å². The van der Waals surface area contributed by atoms with Gasteiger partial charge < -0.3 is 9.47 Å². The molecule has 1 aromatic rings. The lowest BCUT2D eigenvalue weighted by atomic mass is 10.3. The van der Waals surface area contributed by atoms with Crippen LogP contribution in [-0.2, 0) is 14.3 Å². The fraction of sp³-hybridized carbons (Fsp3) is 0.385. The lowest BCUT2D eigenvalue weighted by Crippen LogP contribution is -2.26. The highest BCUT2D eigenvalue weighted by Gasteiger charge is 2.32. The zero-order chi connectivity index (χ0) is 13.8. The molecule has 0 aromatic heterocycles. The molecule has 19 heavy (non-hydrogen) atoms. The van der Waals surface area contributed by atoms with Crippen LogP contribution in [0.25, 0.3) is 0 Å². The van der Waals surface area contributed by atoms with Crippen LogP contribution in [0.2, 0.25) is 0 Å². The maximum Gasteiger partial charge on any atom is 0.414 e. The van der Waals surface area contributed by atoms with E-state index in [9.17, 15) is 9.59 Å². The van der Waals surface area contributed by atoms with E-state index in [2.05, 4.69) is 0 Å². The summed E-state index contributed by atoms with van der Waals surface area (Å²) in [5.41, 5.74) is 0.785. The standard InChI is InChI=1S/C13H15NO4S/c1-9(15)17-8-11-7-14(13(16)18-11)10-3-5-12(19-2)6-4-10/h3-6,11H,7-8H2,1-2H3. The number of thioether (sulfide) groups is 1. The van der Waals surface area contributed by atoms with Crippen LogP contribution < -0.4 is 4.90 Å². The molecule has 1 unspecified atom stereocenters. The zero-order valence-corrected chi connectivity index (χ0v) is 11.6. The summed E-state index contributed by atoms with van der Waals surface area (Å²) < 4.78 is 9.99. The average molecular weight is 281 g/mol. The Balaban J connectivity index is 2.00. The molecule has 0 spiro atoms. The van der Waals surface area contributed by atoms with Gasteiger partial charge in [-0.05, 0) is 30.5 Å². The molecule has 102 valence electrons. The zero-order valence-electron chi connectivity index (χ0n) is 10.8. The van der Waals surface area contributed by atoms with E-state index in [1.807, 2.05) is 30.5 Å². The van der Waals surface area contributed by atoms with Crippen molar-refractivity contribution in [2.75, 3.05) is 24.3 Å². The van der Waals surface area contributed by atoms with E-state index in [0.29, 0.717) is 6.54 Å². The van der Waals surface area contributed by atoms with E-state index in [0.717, 1.165) is 10.6 Å². The summed E-state index contributed by atoms with van der Waals surface area (Å²) in [6.07, 6.45) is 1.18. The van der Waals surface area contributed by atoms with E-state index in [4.69, 9.17) is 9.47 Å². The van der Waals surface area contributed by atoms with Gasteiger partial charge in [-0.1, -0.05) is 0 Å². The molecule has 1 aromatic carbocycles. The first kappa shape index (κ1) is 13.7. The van der Waals surface area contributed by atoms with Crippen LogP contribution in [0.15, 0.2) is 29.2 Å². The minimum atomic E-state index is -0.408. The van der Waals surface area contributed by atoms with Gasteiger partial charge in [-0.3, -0.25) is 9.69 Å². The van der Waals surface area contributed by atoms with Gasteiger partial charge in [0.05, 0.1) is 6.54 Å². The molecular formula is C13H15NO4S. The average Bonchev–Trinajstić information content (AvgIpc) is 2.78. The summed E-state index contributed by atoms with van der Waals surface area (Å²) in [4.78, 5) is 25.1. The van der Waals surface area contributed by atoms with E-state index < -0.39 is 12.2 Å². The van der Waals surface area contributed by atoms with Crippen LogP contribution in [0.1, 0.15) is 6.92 Å². The molecule has 0 N–H and O–H groups in total. The SMILES string of the molecule is CSc1ccc(N2CC(COC(C)=O)OC2=O)cc1. The molecule has 6 heteroatoms. The summed E-state index contributed by atoms with van der Waals surface area (Å²) in [6, 6.07) is 7.65. The van der Waals surface area contributed by atoms with Crippen LogP contribution in [0.3, 0.4) is 0 Å². The fourth-order valence-corrected chi connectivity index (χ4v) is 2.20. The molecule has 1 saturated heterocycles. The molecule has 5 nitrogen and oxygen atoms in total. The molecule has 0 aliphatic carbocycles. The maximum atomic E-state index is 11.7. The molecule has 0 saturated carbocycles. The Bertz CT molecular complexity index is 474. The third-order valence-corrected chi connectivity index (χ3v) is 3.47. The van der Waals surface area contributed by atoms with Crippen molar-refractivity contribution in [1.82, 2.24) is 0 Å². The Kier molecular flexibility index (Phi) is 4.31. The van der Waals surface area contributed by atoms with Crippen molar-refractivity contribution in [2.24, 2.45) is 0 Å². The Hall–Kier alpha value is -1.69. The first-order chi connectivity index (χ1) is 9.10. The quantitative estimate of drug-likeness (QED) is 0.626. The van der Waals surface area contributed by atoms with Crippen LogP contribution in [0.4, 0.5) is 10.5 Å². The monoisotopic (exact) mass is 281 g/mol. The molecule has 1 amide bonds. The first-order valence-electron chi connectivity index (χ1n) is 5.85. The molecule has 1 aliphatic heterocycles. The van der Waals surface area contributed by atoms with Gasteiger partial charge in [-0.15, -0.1) is 11.8 Å². The molecule has 2 rings (SSSR count). The lowest BCUT2D eigenvalue weighted by molar-refractivity contribution is -0.143. The number of carbonyl (C=O) groups excluding carboxylic acids is 2. The van der Waals surface area contributed by atoms with Crippen molar-refractivity contribution in [2.45, 2.75) is 17.9 Å². The van der Waals surface area contributed by atoms with Gasteiger partial charge in [0.25, 0.3) is 0 Å². The summed E-state index contributed by atoms with van der Waals surface area (Å²) in [5, 5.41) is 0. The Morgan fingerprint density at radius 2 is 2.16 bits per heavy atom. The number of carbonyl (C=O) groups is 2. The van der Waals surface area contributed by atoms with E-state index in [1.165, 1.54) is 11.8 Å². The number of ether oxygens (including phenoxy) is 2. The van der Waals surface area contributed by atoms with Crippen molar-refractivity contribution in [3.8, 4) is 0 Å². The number of esters is 1. The van der Waals surface area contributed by atoms with Crippen molar-refractivity contribution in [3.63, 3.8) is 0 Å². The number of hydrogen-bond acceptors (Lipinski definition) is 5. The molecule has 1 aliphatic rings. The second kappa shape index (κ2) is 5.97. The highest BCUT2D eigenvalue weighted by molar-refractivity contribution is 7.98. The number of rotatable bonds is 4. The number of nitrogens with zero attached hydrogens (tertiary/aromatic N) is 1.